The molecule has 0 radical (unpaired) electrons. The second-order valence-corrected chi connectivity index (χ2v) is 6.96. The third-order valence-corrected chi connectivity index (χ3v) is 4.47. The van der Waals surface area contributed by atoms with Gasteiger partial charge in [0, 0.05) is 26.3 Å². The minimum absolute atomic E-state index is 0.00598. The van der Waals surface area contributed by atoms with Crippen molar-refractivity contribution in [1.82, 2.24) is 14.7 Å². The number of benzene rings is 1. The Balaban J connectivity index is 1.65. The molecular weight excluding hydrogens is 316 g/mol. The SMILES string of the molecule is CC(C)[C@H]1CN(CC(=O)Nc2cnn(C)c2)C[C@@H](c2ccccc2)O1. The lowest BCUT2D eigenvalue weighted by molar-refractivity contribution is -0.126. The highest BCUT2D eigenvalue weighted by Crippen LogP contribution is 2.28. The molecule has 134 valence electrons. The summed E-state index contributed by atoms with van der Waals surface area (Å²) in [4.78, 5) is 14.6. The summed E-state index contributed by atoms with van der Waals surface area (Å²) in [5.74, 6) is 0.375. The zero-order chi connectivity index (χ0) is 17.8. The fraction of sp³-hybridized carbons (Fsp3) is 0.474. The van der Waals surface area contributed by atoms with E-state index in [-0.39, 0.29) is 18.1 Å². The van der Waals surface area contributed by atoms with E-state index < -0.39 is 0 Å². The lowest BCUT2D eigenvalue weighted by Gasteiger charge is -2.39. The van der Waals surface area contributed by atoms with E-state index in [4.69, 9.17) is 4.74 Å². The topological polar surface area (TPSA) is 59.4 Å². The number of anilines is 1. The second-order valence-electron chi connectivity index (χ2n) is 6.96. The summed E-state index contributed by atoms with van der Waals surface area (Å²) in [7, 11) is 1.83. The molecule has 1 aromatic carbocycles. The van der Waals surface area contributed by atoms with Crippen molar-refractivity contribution in [3.8, 4) is 0 Å². The van der Waals surface area contributed by atoms with E-state index in [0.717, 1.165) is 17.8 Å². The van der Waals surface area contributed by atoms with E-state index in [1.807, 2.05) is 25.2 Å². The normalized spacial score (nSPS) is 21.4. The number of morpholine rings is 1. The van der Waals surface area contributed by atoms with Crippen molar-refractivity contribution in [2.45, 2.75) is 26.1 Å². The van der Waals surface area contributed by atoms with E-state index in [1.54, 1.807) is 17.1 Å². The molecule has 2 aromatic rings. The Morgan fingerprint density at radius 2 is 2.08 bits per heavy atom. The highest BCUT2D eigenvalue weighted by molar-refractivity contribution is 5.91. The molecular formula is C19H26N4O2. The molecule has 1 fully saturated rings. The lowest BCUT2D eigenvalue weighted by Crippen LogP contribution is -2.48. The van der Waals surface area contributed by atoms with Crippen LogP contribution in [-0.2, 0) is 16.6 Å². The van der Waals surface area contributed by atoms with Crippen LogP contribution in [0.3, 0.4) is 0 Å². The Bertz CT molecular complexity index is 698. The van der Waals surface area contributed by atoms with Crippen molar-refractivity contribution in [2.24, 2.45) is 13.0 Å². The molecule has 1 aromatic heterocycles. The fourth-order valence-corrected chi connectivity index (χ4v) is 3.10. The maximum atomic E-state index is 12.4. The molecule has 0 spiro atoms. The summed E-state index contributed by atoms with van der Waals surface area (Å²) in [6, 6.07) is 10.2. The molecule has 6 heteroatoms. The van der Waals surface area contributed by atoms with Crippen molar-refractivity contribution in [3.63, 3.8) is 0 Å². The standard InChI is InChI=1S/C19H26N4O2/c1-14(2)17-11-23(12-18(25-17)15-7-5-4-6-8-15)13-19(24)21-16-9-20-22(3)10-16/h4-10,14,17-18H,11-13H2,1-3H3,(H,21,24)/t17-,18+/m1/s1. The van der Waals surface area contributed by atoms with Gasteiger partial charge in [-0.05, 0) is 11.5 Å². The quantitative estimate of drug-likeness (QED) is 0.907. The molecule has 0 aliphatic carbocycles. The molecule has 25 heavy (non-hydrogen) atoms. The predicted octanol–water partition coefficient (Wildman–Crippen LogP) is 2.46. The first-order valence-corrected chi connectivity index (χ1v) is 8.72. The third kappa shape index (κ3) is 4.67. The van der Waals surface area contributed by atoms with E-state index in [1.165, 1.54) is 0 Å². The first-order valence-electron chi connectivity index (χ1n) is 8.72. The number of aryl methyl sites for hydroxylation is 1. The van der Waals surface area contributed by atoms with Gasteiger partial charge in [-0.3, -0.25) is 14.4 Å². The van der Waals surface area contributed by atoms with Gasteiger partial charge in [0.2, 0.25) is 5.91 Å². The number of carbonyl (C=O) groups is 1. The maximum Gasteiger partial charge on any atom is 0.238 e. The van der Waals surface area contributed by atoms with Crippen LogP contribution in [0, 0.1) is 5.92 Å². The number of hydrogen-bond donors (Lipinski definition) is 1. The molecule has 3 rings (SSSR count). The molecule has 2 heterocycles. The minimum Gasteiger partial charge on any atom is -0.367 e. The van der Waals surface area contributed by atoms with Crippen LogP contribution in [0.2, 0.25) is 0 Å². The number of rotatable bonds is 5. The summed E-state index contributed by atoms with van der Waals surface area (Å²) >= 11 is 0. The second kappa shape index (κ2) is 7.80. The third-order valence-electron chi connectivity index (χ3n) is 4.47. The van der Waals surface area contributed by atoms with Crippen LogP contribution < -0.4 is 5.32 Å². The summed E-state index contributed by atoms with van der Waals surface area (Å²) in [6.45, 7) is 6.15. The molecule has 6 nitrogen and oxygen atoms in total. The summed E-state index contributed by atoms with van der Waals surface area (Å²) in [5.41, 5.74) is 1.88. The highest BCUT2D eigenvalue weighted by atomic mass is 16.5. The Labute approximate surface area is 148 Å². The van der Waals surface area contributed by atoms with Gasteiger partial charge in [-0.15, -0.1) is 0 Å². The zero-order valence-corrected chi connectivity index (χ0v) is 15.1. The highest BCUT2D eigenvalue weighted by Gasteiger charge is 2.31. The largest absolute Gasteiger partial charge is 0.367 e. The Kier molecular flexibility index (Phi) is 5.50. The molecule has 1 aliphatic rings. The monoisotopic (exact) mass is 342 g/mol. The van der Waals surface area contributed by atoms with Crippen molar-refractivity contribution in [3.05, 3.63) is 48.3 Å². The molecule has 1 N–H and O–H groups in total. The smallest absolute Gasteiger partial charge is 0.238 e. The molecule has 0 saturated carbocycles. The van der Waals surface area contributed by atoms with E-state index >= 15 is 0 Å². The van der Waals surface area contributed by atoms with Gasteiger partial charge in [0.15, 0.2) is 0 Å². The van der Waals surface area contributed by atoms with Crippen LogP contribution in [-0.4, -0.2) is 46.3 Å². The van der Waals surface area contributed by atoms with Gasteiger partial charge >= 0.3 is 0 Å². The number of nitrogens with one attached hydrogen (secondary N) is 1. The summed E-state index contributed by atoms with van der Waals surface area (Å²) in [6.07, 6.45) is 3.56. The number of ether oxygens (including phenoxy) is 1. The van der Waals surface area contributed by atoms with Gasteiger partial charge in [0.25, 0.3) is 0 Å². The molecule has 1 aliphatic heterocycles. The Morgan fingerprint density at radius 3 is 2.72 bits per heavy atom. The van der Waals surface area contributed by atoms with Crippen LogP contribution in [0.15, 0.2) is 42.7 Å². The van der Waals surface area contributed by atoms with Gasteiger partial charge in [-0.25, -0.2) is 0 Å². The number of hydrogen-bond acceptors (Lipinski definition) is 4. The van der Waals surface area contributed by atoms with Crippen LogP contribution in [0.5, 0.6) is 0 Å². The summed E-state index contributed by atoms with van der Waals surface area (Å²) < 4.78 is 7.95. The van der Waals surface area contributed by atoms with Gasteiger partial charge in [0.1, 0.15) is 0 Å². The van der Waals surface area contributed by atoms with Gasteiger partial charge in [0.05, 0.1) is 30.6 Å². The van der Waals surface area contributed by atoms with E-state index in [9.17, 15) is 4.79 Å². The summed E-state index contributed by atoms with van der Waals surface area (Å²) in [5, 5.41) is 6.98. The average molecular weight is 342 g/mol. The number of aromatic nitrogens is 2. The molecule has 1 saturated heterocycles. The van der Waals surface area contributed by atoms with E-state index in [2.05, 4.69) is 41.3 Å². The fourth-order valence-electron chi connectivity index (χ4n) is 3.10. The van der Waals surface area contributed by atoms with Crippen LogP contribution in [0.1, 0.15) is 25.5 Å². The van der Waals surface area contributed by atoms with Crippen molar-refractivity contribution in [1.29, 1.82) is 0 Å². The van der Waals surface area contributed by atoms with Gasteiger partial charge < -0.3 is 10.1 Å². The van der Waals surface area contributed by atoms with Crippen molar-refractivity contribution < 1.29 is 9.53 Å². The molecule has 0 bridgehead atoms. The minimum atomic E-state index is -0.0239. The maximum absolute atomic E-state index is 12.4. The van der Waals surface area contributed by atoms with E-state index in [0.29, 0.717) is 19.0 Å². The van der Waals surface area contributed by atoms with Gasteiger partial charge in [-0.1, -0.05) is 44.2 Å². The molecule has 2 atom stereocenters. The van der Waals surface area contributed by atoms with Crippen LogP contribution >= 0.6 is 0 Å². The van der Waals surface area contributed by atoms with Crippen molar-refractivity contribution in [2.75, 3.05) is 25.0 Å². The van der Waals surface area contributed by atoms with Crippen molar-refractivity contribution >= 4 is 11.6 Å². The Hall–Kier alpha value is -2.18. The number of nitrogens with zero attached hydrogens (tertiary/aromatic N) is 3. The number of amides is 1. The molecule has 0 unspecified atom stereocenters. The first kappa shape index (κ1) is 17.6. The van der Waals surface area contributed by atoms with Crippen LogP contribution in [0.25, 0.3) is 0 Å². The Morgan fingerprint density at radius 1 is 1.32 bits per heavy atom. The predicted molar refractivity (Wildman–Crippen MR) is 97.2 cm³/mol. The van der Waals surface area contributed by atoms with Crippen LogP contribution in [0.4, 0.5) is 5.69 Å². The zero-order valence-electron chi connectivity index (χ0n) is 15.1. The molecule has 1 amide bonds. The first-order chi connectivity index (χ1) is 12.0. The lowest BCUT2D eigenvalue weighted by atomic mass is 10.0. The average Bonchev–Trinajstić information content (AvgIpc) is 3.00. The van der Waals surface area contributed by atoms with Gasteiger partial charge in [-0.2, -0.15) is 5.10 Å². The number of carbonyl (C=O) groups excluding carboxylic acids is 1.